The first-order valence-corrected chi connectivity index (χ1v) is 7.13. The van der Waals surface area contributed by atoms with Gasteiger partial charge in [-0.25, -0.2) is 4.57 Å². The molecule has 116 valence electrons. The number of aromatic nitrogens is 1. The van der Waals surface area contributed by atoms with Crippen molar-refractivity contribution in [3.63, 3.8) is 0 Å². The molecule has 1 amide bonds. The second kappa shape index (κ2) is 5.85. The molecule has 1 aliphatic carbocycles. The molecule has 0 radical (unpaired) electrons. The fourth-order valence-corrected chi connectivity index (χ4v) is 3.04. The quantitative estimate of drug-likeness (QED) is 0.651. The van der Waals surface area contributed by atoms with E-state index in [9.17, 15) is 20.0 Å². The van der Waals surface area contributed by atoms with Gasteiger partial charge in [-0.3, -0.25) is 4.79 Å². The van der Waals surface area contributed by atoms with E-state index in [0.717, 1.165) is 12.8 Å². The molecule has 1 fully saturated rings. The maximum absolute atomic E-state index is 12.1. The molecule has 2 N–H and O–H groups in total. The zero-order valence-corrected chi connectivity index (χ0v) is 12.3. The predicted molar refractivity (Wildman–Crippen MR) is 77.0 cm³/mol. The number of nitrogens with zero attached hydrogens (tertiary/aromatic N) is 2. The molecule has 7 heteroatoms. The molecule has 0 saturated heterocycles. The van der Waals surface area contributed by atoms with Crippen LogP contribution in [0.5, 0.6) is 0 Å². The van der Waals surface area contributed by atoms with Crippen molar-refractivity contribution in [3.8, 4) is 0 Å². The highest BCUT2D eigenvalue weighted by molar-refractivity contribution is 5.93. The number of carbonyl (C=O) groups excluding carboxylic acids is 1. The zero-order valence-electron chi connectivity index (χ0n) is 12.3. The van der Waals surface area contributed by atoms with Gasteiger partial charge in [0.05, 0.1) is 12.6 Å². The third kappa shape index (κ3) is 3.41. The summed E-state index contributed by atoms with van der Waals surface area (Å²) >= 11 is 0. The Morgan fingerprint density at radius 2 is 2.33 bits per heavy atom. The van der Waals surface area contributed by atoms with Crippen molar-refractivity contribution in [2.45, 2.75) is 38.2 Å². The van der Waals surface area contributed by atoms with E-state index in [0.29, 0.717) is 18.8 Å². The largest absolute Gasteiger partial charge is 0.388 e. The number of carbonyl (C=O) groups is 1. The predicted octanol–water partition coefficient (Wildman–Crippen LogP) is 1.60. The van der Waals surface area contributed by atoms with Gasteiger partial charge in [0.1, 0.15) is 0 Å². The minimum atomic E-state index is -0.871. The molecule has 1 aromatic heterocycles. The van der Waals surface area contributed by atoms with Crippen molar-refractivity contribution >= 4 is 11.7 Å². The summed E-state index contributed by atoms with van der Waals surface area (Å²) in [4.78, 5) is 22.3. The van der Waals surface area contributed by atoms with Crippen LogP contribution in [0.2, 0.25) is 0 Å². The highest BCUT2D eigenvalue weighted by Gasteiger charge is 2.33. The number of nitro groups is 1. The number of hydrogen-bond donors (Lipinski definition) is 2. The first-order valence-electron chi connectivity index (χ1n) is 7.13. The van der Waals surface area contributed by atoms with Crippen molar-refractivity contribution in [1.82, 2.24) is 9.88 Å². The van der Waals surface area contributed by atoms with E-state index in [4.69, 9.17) is 0 Å². The van der Waals surface area contributed by atoms with Crippen LogP contribution in [0.25, 0.3) is 0 Å². The van der Waals surface area contributed by atoms with Crippen LogP contribution in [-0.2, 0) is 7.05 Å². The summed E-state index contributed by atoms with van der Waals surface area (Å²) < 4.78 is 1.24. The minimum Gasteiger partial charge on any atom is -0.388 e. The Kier molecular flexibility index (Phi) is 4.32. The first kappa shape index (κ1) is 15.5. The summed E-state index contributed by atoms with van der Waals surface area (Å²) in [6, 6.07) is 2.72. The molecular formula is C14H21N3O4. The van der Waals surface area contributed by atoms with Crippen LogP contribution in [-0.4, -0.2) is 32.6 Å². The van der Waals surface area contributed by atoms with E-state index in [2.05, 4.69) is 12.2 Å². The number of rotatable bonds is 4. The molecule has 7 nitrogen and oxygen atoms in total. The van der Waals surface area contributed by atoms with Gasteiger partial charge in [-0.05, 0) is 29.7 Å². The van der Waals surface area contributed by atoms with E-state index < -0.39 is 16.4 Å². The molecule has 0 aliphatic heterocycles. The SMILES string of the molecule is CC1CCCC(O)(CNC(=O)c2ccc([N+](=O)[O-])n2C)C1. The molecule has 21 heavy (non-hydrogen) atoms. The average molecular weight is 295 g/mol. The average Bonchev–Trinajstić information content (AvgIpc) is 2.78. The van der Waals surface area contributed by atoms with Gasteiger partial charge in [-0.15, -0.1) is 0 Å². The number of aliphatic hydroxyl groups is 1. The van der Waals surface area contributed by atoms with E-state index in [-0.39, 0.29) is 18.1 Å². The smallest absolute Gasteiger partial charge is 0.323 e. The Morgan fingerprint density at radius 3 is 2.90 bits per heavy atom. The Hall–Kier alpha value is -1.89. The van der Waals surface area contributed by atoms with Gasteiger partial charge in [0.15, 0.2) is 5.69 Å². The summed E-state index contributed by atoms with van der Waals surface area (Å²) in [7, 11) is 1.48. The van der Waals surface area contributed by atoms with Gasteiger partial charge in [0.25, 0.3) is 5.91 Å². The lowest BCUT2D eigenvalue weighted by Crippen LogP contribution is -2.46. The lowest BCUT2D eigenvalue weighted by atomic mass is 9.79. The summed E-state index contributed by atoms with van der Waals surface area (Å²) in [5, 5.41) is 23.9. The highest BCUT2D eigenvalue weighted by atomic mass is 16.6. The van der Waals surface area contributed by atoms with Gasteiger partial charge in [0, 0.05) is 12.6 Å². The van der Waals surface area contributed by atoms with Gasteiger partial charge in [-0.2, -0.15) is 0 Å². The number of hydrogen-bond acceptors (Lipinski definition) is 4. The van der Waals surface area contributed by atoms with E-state index in [1.165, 1.54) is 23.7 Å². The van der Waals surface area contributed by atoms with E-state index in [1.807, 2.05) is 0 Å². The molecule has 1 aromatic rings. The molecule has 0 bridgehead atoms. The molecule has 0 aromatic carbocycles. The summed E-state index contributed by atoms with van der Waals surface area (Å²) in [5.41, 5.74) is -0.654. The van der Waals surface area contributed by atoms with Crippen molar-refractivity contribution in [2.24, 2.45) is 13.0 Å². The normalized spacial score (nSPS) is 25.6. The Balaban J connectivity index is 2.00. The van der Waals surface area contributed by atoms with Gasteiger partial charge >= 0.3 is 5.82 Å². The van der Waals surface area contributed by atoms with E-state index >= 15 is 0 Å². The second-order valence-electron chi connectivity index (χ2n) is 6.00. The van der Waals surface area contributed by atoms with E-state index in [1.54, 1.807) is 0 Å². The molecule has 1 saturated carbocycles. The molecule has 2 atom stereocenters. The summed E-state index contributed by atoms with van der Waals surface area (Å²) in [6.07, 6.45) is 3.38. The summed E-state index contributed by atoms with van der Waals surface area (Å²) in [6.45, 7) is 2.27. The molecule has 0 spiro atoms. The number of amides is 1. The van der Waals surface area contributed by atoms with Crippen molar-refractivity contribution in [2.75, 3.05) is 6.54 Å². The third-order valence-electron chi connectivity index (χ3n) is 4.16. The van der Waals surface area contributed by atoms with Crippen LogP contribution < -0.4 is 5.32 Å². The van der Waals surface area contributed by atoms with Crippen LogP contribution in [0.1, 0.15) is 43.1 Å². The topological polar surface area (TPSA) is 97.4 Å². The lowest BCUT2D eigenvalue weighted by Gasteiger charge is -2.35. The fourth-order valence-electron chi connectivity index (χ4n) is 3.04. The van der Waals surface area contributed by atoms with Crippen LogP contribution in [0, 0.1) is 16.0 Å². The van der Waals surface area contributed by atoms with Crippen molar-refractivity contribution in [3.05, 3.63) is 27.9 Å². The van der Waals surface area contributed by atoms with Crippen LogP contribution in [0.15, 0.2) is 12.1 Å². The standard InChI is InChI=1S/C14H21N3O4/c1-10-4-3-7-14(19,8-10)9-15-13(18)11-5-6-12(16(11)2)17(20)21/h5-6,10,19H,3-4,7-9H2,1-2H3,(H,15,18). The molecule has 1 aliphatic rings. The van der Waals surface area contributed by atoms with Crippen LogP contribution in [0.4, 0.5) is 5.82 Å². The zero-order chi connectivity index (χ0) is 15.6. The first-order chi connectivity index (χ1) is 9.82. The highest BCUT2D eigenvalue weighted by Crippen LogP contribution is 2.31. The summed E-state index contributed by atoms with van der Waals surface area (Å²) in [5.74, 6) is -0.0980. The second-order valence-corrected chi connectivity index (χ2v) is 6.00. The maximum Gasteiger partial charge on any atom is 0.323 e. The van der Waals surface area contributed by atoms with Crippen molar-refractivity contribution in [1.29, 1.82) is 0 Å². The Morgan fingerprint density at radius 1 is 1.62 bits per heavy atom. The molecule has 1 heterocycles. The van der Waals surface area contributed by atoms with Gasteiger partial charge < -0.3 is 20.5 Å². The molecule has 2 unspecified atom stereocenters. The third-order valence-corrected chi connectivity index (χ3v) is 4.16. The number of nitrogens with one attached hydrogen (secondary N) is 1. The molecule has 2 rings (SSSR count). The van der Waals surface area contributed by atoms with Gasteiger partial charge in [0.2, 0.25) is 0 Å². The Bertz CT molecular complexity index is 554. The van der Waals surface area contributed by atoms with Crippen LogP contribution in [0.3, 0.4) is 0 Å². The van der Waals surface area contributed by atoms with Gasteiger partial charge in [-0.1, -0.05) is 19.8 Å². The lowest BCUT2D eigenvalue weighted by molar-refractivity contribution is -0.391. The maximum atomic E-state index is 12.1. The molecular weight excluding hydrogens is 274 g/mol. The van der Waals surface area contributed by atoms with Crippen LogP contribution >= 0.6 is 0 Å². The minimum absolute atomic E-state index is 0.134. The Labute approximate surface area is 123 Å². The monoisotopic (exact) mass is 295 g/mol. The van der Waals surface area contributed by atoms with Crippen molar-refractivity contribution < 1.29 is 14.8 Å². The fraction of sp³-hybridized carbons (Fsp3) is 0.643.